The summed E-state index contributed by atoms with van der Waals surface area (Å²) < 4.78 is 0. The highest BCUT2D eigenvalue weighted by Crippen LogP contribution is 2.13. The number of hydrazone groups is 1. The summed E-state index contributed by atoms with van der Waals surface area (Å²) in [5.74, 6) is 1.49. The minimum Gasteiger partial charge on any atom is -0.381 e. The van der Waals surface area contributed by atoms with Gasteiger partial charge in [-0.3, -0.25) is 4.79 Å². The molecule has 0 aromatic carbocycles. The molecule has 1 aliphatic rings. The maximum absolute atomic E-state index is 11.1. The number of hydrogen-bond acceptors (Lipinski definition) is 4. The third-order valence-corrected chi connectivity index (χ3v) is 2.71. The first-order valence-electron chi connectivity index (χ1n) is 4.16. The van der Waals surface area contributed by atoms with E-state index in [4.69, 9.17) is 0 Å². The third-order valence-electron chi connectivity index (χ3n) is 1.67. The van der Waals surface area contributed by atoms with Gasteiger partial charge in [-0.2, -0.15) is 16.9 Å². The zero-order chi connectivity index (χ0) is 9.90. The van der Waals surface area contributed by atoms with E-state index < -0.39 is 11.5 Å². The van der Waals surface area contributed by atoms with E-state index in [0.717, 1.165) is 23.6 Å². The molecule has 13 heavy (non-hydrogen) atoms. The molecule has 1 heterocycles. The molecule has 0 aromatic rings. The van der Waals surface area contributed by atoms with E-state index in [-0.39, 0.29) is 0 Å². The van der Waals surface area contributed by atoms with Gasteiger partial charge >= 0.3 is 0 Å². The average molecular weight is 202 g/mol. The summed E-state index contributed by atoms with van der Waals surface area (Å²) in [5.41, 5.74) is 1.99. The normalized spacial score (nSPS) is 20.7. The van der Waals surface area contributed by atoms with Crippen LogP contribution in [0.5, 0.6) is 0 Å². The van der Waals surface area contributed by atoms with Gasteiger partial charge < -0.3 is 5.11 Å². The van der Waals surface area contributed by atoms with Crippen molar-refractivity contribution in [2.45, 2.75) is 25.9 Å². The van der Waals surface area contributed by atoms with Crippen LogP contribution in [-0.2, 0) is 4.79 Å². The molecule has 0 unspecified atom stereocenters. The van der Waals surface area contributed by atoms with Crippen LogP contribution >= 0.6 is 11.8 Å². The van der Waals surface area contributed by atoms with E-state index in [1.807, 2.05) is 0 Å². The molecule has 0 bridgehead atoms. The summed E-state index contributed by atoms with van der Waals surface area (Å²) >= 11 is 1.80. The van der Waals surface area contributed by atoms with Crippen molar-refractivity contribution in [2.75, 3.05) is 11.5 Å². The molecule has 2 N–H and O–H groups in total. The Bertz CT molecular complexity index is 225. The molecule has 0 aromatic heterocycles. The Hall–Kier alpha value is -0.550. The Balaban J connectivity index is 2.41. The maximum atomic E-state index is 11.1. The molecule has 74 valence electrons. The number of carbonyl (C=O) groups excluding carboxylic acids is 1. The van der Waals surface area contributed by atoms with Crippen molar-refractivity contribution in [1.82, 2.24) is 5.43 Å². The van der Waals surface area contributed by atoms with Gasteiger partial charge in [-0.25, -0.2) is 5.43 Å². The second kappa shape index (κ2) is 4.11. The lowest BCUT2D eigenvalue weighted by atomic mass is 10.1. The van der Waals surface area contributed by atoms with Crippen LogP contribution in [0, 0.1) is 0 Å². The fourth-order valence-electron chi connectivity index (χ4n) is 0.807. The van der Waals surface area contributed by atoms with E-state index in [1.54, 1.807) is 11.8 Å². The number of hydrogen-bond donors (Lipinski definition) is 2. The van der Waals surface area contributed by atoms with Gasteiger partial charge in [-0.05, 0) is 26.0 Å². The van der Waals surface area contributed by atoms with Crippen LogP contribution in [0.2, 0.25) is 0 Å². The lowest BCUT2D eigenvalue weighted by Crippen LogP contribution is -2.40. The van der Waals surface area contributed by atoms with Crippen molar-refractivity contribution < 1.29 is 9.90 Å². The molecule has 1 amide bonds. The summed E-state index contributed by atoms with van der Waals surface area (Å²) in [4.78, 5) is 11.1. The topological polar surface area (TPSA) is 61.7 Å². The van der Waals surface area contributed by atoms with Crippen LogP contribution < -0.4 is 5.43 Å². The minimum absolute atomic E-state index is 0.461. The van der Waals surface area contributed by atoms with Crippen molar-refractivity contribution in [2.24, 2.45) is 5.10 Å². The van der Waals surface area contributed by atoms with E-state index in [9.17, 15) is 9.90 Å². The lowest BCUT2D eigenvalue weighted by Gasteiger charge is -2.13. The van der Waals surface area contributed by atoms with Gasteiger partial charge in [-0.1, -0.05) is 0 Å². The highest BCUT2D eigenvalue weighted by atomic mass is 32.2. The van der Waals surface area contributed by atoms with Crippen molar-refractivity contribution in [1.29, 1.82) is 0 Å². The molecule has 0 radical (unpaired) electrons. The van der Waals surface area contributed by atoms with Crippen molar-refractivity contribution in [3.05, 3.63) is 0 Å². The van der Waals surface area contributed by atoms with Crippen molar-refractivity contribution in [3.63, 3.8) is 0 Å². The standard InChI is InChI=1S/C8H14N2O2S/c1-8(2,12)7(11)10-9-6-3-4-13-5-6/h12H,3-5H2,1-2H3,(H,10,11)/b9-6-. The first-order valence-corrected chi connectivity index (χ1v) is 5.31. The molecular weight excluding hydrogens is 188 g/mol. The monoisotopic (exact) mass is 202 g/mol. The van der Waals surface area contributed by atoms with Crippen LogP contribution in [0.4, 0.5) is 0 Å². The Kier molecular flexibility index (Phi) is 3.33. The van der Waals surface area contributed by atoms with E-state index >= 15 is 0 Å². The molecule has 0 aliphatic carbocycles. The summed E-state index contributed by atoms with van der Waals surface area (Å²) in [6.07, 6.45) is 0.927. The van der Waals surface area contributed by atoms with Gasteiger partial charge in [-0.15, -0.1) is 0 Å². The first kappa shape index (κ1) is 10.5. The molecule has 1 aliphatic heterocycles. The van der Waals surface area contributed by atoms with Gasteiger partial charge in [0.2, 0.25) is 0 Å². The number of carbonyl (C=O) groups is 1. The predicted octanol–water partition coefficient (Wildman–Crippen LogP) is 0.366. The Morgan fingerprint density at radius 1 is 1.69 bits per heavy atom. The first-order chi connectivity index (χ1) is 6.00. The number of nitrogens with one attached hydrogen (secondary N) is 1. The number of rotatable bonds is 2. The maximum Gasteiger partial charge on any atom is 0.271 e. The minimum atomic E-state index is -1.35. The Morgan fingerprint density at radius 3 is 2.85 bits per heavy atom. The molecule has 5 heteroatoms. The average Bonchev–Trinajstić information content (AvgIpc) is 2.50. The largest absolute Gasteiger partial charge is 0.381 e. The van der Waals surface area contributed by atoms with Crippen LogP contribution in [0.3, 0.4) is 0 Å². The number of nitrogens with zero attached hydrogens (tertiary/aromatic N) is 1. The highest BCUT2D eigenvalue weighted by molar-refractivity contribution is 8.00. The van der Waals surface area contributed by atoms with Crippen LogP contribution in [0.15, 0.2) is 5.10 Å². The molecule has 0 spiro atoms. The molecule has 1 saturated heterocycles. The smallest absolute Gasteiger partial charge is 0.271 e. The second-order valence-corrected chi connectivity index (χ2v) is 4.59. The third kappa shape index (κ3) is 3.36. The van der Waals surface area contributed by atoms with Gasteiger partial charge in [0.25, 0.3) is 5.91 Å². The number of amides is 1. The van der Waals surface area contributed by atoms with Crippen LogP contribution in [0.25, 0.3) is 0 Å². The zero-order valence-corrected chi connectivity index (χ0v) is 8.65. The zero-order valence-electron chi connectivity index (χ0n) is 7.83. The molecule has 4 nitrogen and oxygen atoms in total. The van der Waals surface area contributed by atoms with Gasteiger partial charge in [0.05, 0.1) is 0 Å². The quantitative estimate of drug-likeness (QED) is 0.636. The molecule has 0 atom stereocenters. The molecule has 1 fully saturated rings. The Morgan fingerprint density at radius 2 is 2.38 bits per heavy atom. The summed E-state index contributed by atoms with van der Waals surface area (Å²) in [5, 5.41) is 13.2. The van der Waals surface area contributed by atoms with E-state index in [2.05, 4.69) is 10.5 Å². The SMILES string of the molecule is CC(C)(O)C(=O)N/N=C1/CCSC1. The Labute approximate surface area is 81.8 Å². The van der Waals surface area contributed by atoms with Gasteiger partial charge in [0.15, 0.2) is 0 Å². The fourth-order valence-corrected chi connectivity index (χ4v) is 1.78. The summed E-state index contributed by atoms with van der Waals surface area (Å²) in [7, 11) is 0. The second-order valence-electron chi connectivity index (χ2n) is 3.48. The van der Waals surface area contributed by atoms with Crippen molar-refractivity contribution >= 4 is 23.4 Å². The summed E-state index contributed by atoms with van der Waals surface area (Å²) in [6, 6.07) is 0. The molecule has 1 rings (SSSR count). The van der Waals surface area contributed by atoms with Crippen LogP contribution in [-0.4, -0.2) is 33.8 Å². The predicted molar refractivity (Wildman–Crippen MR) is 53.8 cm³/mol. The fraction of sp³-hybridized carbons (Fsp3) is 0.750. The van der Waals surface area contributed by atoms with Crippen LogP contribution in [0.1, 0.15) is 20.3 Å². The highest BCUT2D eigenvalue weighted by Gasteiger charge is 2.23. The van der Waals surface area contributed by atoms with Crippen molar-refractivity contribution in [3.8, 4) is 0 Å². The summed E-state index contributed by atoms with van der Waals surface area (Å²) in [6.45, 7) is 2.87. The van der Waals surface area contributed by atoms with E-state index in [0.29, 0.717) is 0 Å². The number of aliphatic hydroxyl groups is 1. The van der Waals surface area contributed by atoms with E-state index in [1.165, 1.54) is 13.8 Å². The van der Waals surface area contributed by atoms with Gasteiger partial charge in [0.1, 0.15) is 5.60 Å². The lowest BCUT2D eigenvalue weighted by molar-refractivity contribution is -0.136. The molecular formula is C8H14N2O2S. The molecule has 0 saturated carbocycles. The number of thioether (sulfide) groups is 1. The van der Waals surface area contributed by atoms with Gasteiger partial charge in [0, 0.05) is 11.5 Å².